The predicted molar refractivity (Wildman–Crippen MR) is 59.6 cm³/mol. The molecule has 0 amide bonds. The number of esters is 1. The Hall–Kier alpha value is -1.62. The van der Waals surface area contributed by atoms with Gasteiger partial charge in [-0.3, -0.25) is 0 Å². The molecule has 0 aliphatic rings. The van der Waals surface area contributed by atoms with Gasteiger partial charge in [0.1, 0.15) is 6.61 Å². The van der Waals surface area contributed by atoms with Crippen molar-refractivity contribution in [3.63, 3.8) is 0 Å². The first-order valence-corrected chi connectivity index (χ1v) is 4.95. The summed E-state index contributed by atoms with van der Waals surface area (Å²) in [5.74, 6) is 0.0459. The molecule has 0 aliphatic carbocycles. The SMILES string of the molecule is COC(=O)c1ccnc(OCCN(C)C)c1. The Morgan fingerprint density at radius 3 is 2.88 bits per heavy atom. The molecule has 1 heterocycles. The van der Waals surface area contributed by atoms with Crippen LogP contribution in [-0.4, -0.2) is 50.2 Å². The number of nitrogens with zero attached hydrogens (tertiary/aromatic N) is 2. The maximum atomic E-state index is 11.2. The molecule has 0 bridgehead atoms. The smallest absolute Gasteiger partial charge is 0.338 e. The lowest BCUT2D eigenvalue weighted by Crippen LogP contribution is -2.19. The number of rotatable bonds is 5. The van der Waals surface area contributed by atoms with Crippen molar-refractivity contribution in [2.75, 3.05) is 34.4 Å². The average molecular weight is 224 g/mol. The molecule has 0 spiro atoms. The second-order valence-corrected chi connectivity index (χ2v) is 3.53. The third-order valence-corrected chi connectivity index (χ3v) is 1.94. The molecular weight excluding hydrogens is 208 g/mol. The molecule has 5 heteroatoms. The molecule has 5 nitrogen and oxygen atoms in total. The fourth-order valence-electron chi connectivity index (χ4n) is 1.07. The first-order valence-electron chi connectivity index (χ1n) is 4.95. The molecule has 0 aliphatic heterocycles. The molecule has 1 aromatic heterocycles. The van der Waals surface area contributed by atoms with Gasteiger partial charge in [-0.1, -0.05) is 0 Å². The fraction of sp³-hybridized carbons (Fsp3) is 0.455. The molecule has 0 atom stereocenters. The molecular formula is C11H16N2O3. The Morgan fingerprint density at radius 1 is 1.50 bits per heavy atom. The lowest BCUT2D eigenvalue weighted by molar-refractivity contribution is 0.0600. The van der Waals surface area contributed by atoms with E-state index in [0.29, 0.717) is 18.1 Å². The van der Waals surface area contributed by atoms with Gasteiger partial charge in [0.05, 0.1) is 12.7 Å². The number of likely N-dealkylation sites (N-methyl/N-ethyl adjacent to an activating group) is 1. The van der Waals surface area contributed by atoms with E-state index in [1.54, 1.807) is 12.1 Å². The van der Waals surface area contributed by atoms with Gasteiger partial charge in [0.15, 0.2) is 0 Å². The second-order valence-electron chi connectivity index (χ2n) is 3.53. The molecule has 88 valence electrons. The van der Waals surface area contributed by atoms with Gasteiger partial charge in [-0.05, 0) is 20.2 Å². The zero-order chi connectivity index (χ0) is 12.0. The minimum atomic E-state index is -0.389. The van der Waals surface area contributed by atoms with Crippen molar-refractivity contribution in [1.29, 1.82) is 0 Å². The Morgan fingerprint density at radius 2 is 2.25 bits per heavy atom. The number of pyridine rings is 1. The number of methoxy groups -OCH3 is 1. The Bertz CT molecular complexity index is 353. The van der Waals surface area contributed by atoms with E-state index in [9.17, 15) is 4.79 Å². The molecule has 0 saturated carbocycles. The summed E-state index contributed by atoms with van der Waals surface area (Å²) in [5.41, 5.74) is 0.442. The van der Waals surface area contributed by atoms with Crippen molar-refractivity contribution in [3.05, 3.63) is 23.9 Å². The third kappa shape index (κ3) is 3.86. The van der Waals surface area contributed by atoms with E-state index >= 15 is 0 Å². The summed E-state index contributed by atoms with van der Waals surface area (Å²) in [6.07, 6.45) is 1.53. The van der Waals surface area contributed by atoms with Crippen LogP contribution in [0.25, 0.3) is 0 Å². The minimum Gasteiger partial charge on any atom is -0.476 e. The highest BCUT2D eigenvalue weighted by Gasteiger charge is 2.06. The first kappa shape index (κ1) is 12.4. The number of carbonyl (C=O) groups is 1. The summed E-state index contributed by atoms with van der Waals surface area (Å²) < 4.78 is 10.00. The van der Waals surface area contributed by atoms with Crippen LogP contribution in [0.3, 0.4) is 0 Å². The van der Waals surface area contributed by atoms with Crippen LogP contribution in [0.5, 0.6) is 5.88 Å². The standard InChI is InChI=1S/C11H16N2O3/c1-13(2)6-7-16-10-8-9(4-5-12-10)11(14)15-3/h4-5,8H,6-7H2,1-3H3. The fourth-order valence-corrected chi connectivity index (χ4v) is 1.07. The van der Waals surface area contributed by atoms with Crippen LogP contribution >= 0.6 is 0 Å². The summed E-state index contributed by atoms with van der Waals surface area (Å²) in [6.45, 7) is 1.33. The van der Waals surface area contributed by atoms with Crippen molar-refractivity contribution in [2.24, 2.45) is 0 Å². The van der Waals surface area contributed by atoms with Gasteiger partial charge in [-0.2, -0.15) is 0 Å². The quantitative estimate of drug-likeness (QED) is 0.693. The number of hydrogen-bond acceptors (Lipinski definition) is 5. The molecule has 1 aromatic rings. The van der Waals surface area contributed by atoms with Gasteiger partial charge in [-0.15, -0.1) is 0 Å². The van der Waals surface area contributed by atoms with E-state index in [0.717, 1.165) is 6.54 Å². The van der Waals surface area contributed by atoms with E-state index in [-0.39, 0.29) is 5.97 Å². The Balaban J connectivity index is 2.57. The van der Waals surface area contributed by atoms with E-state index in [4.69, 9.17) is 4.74 Å². The summed E-state index contributed by atoms with van der Waals surface area (Å²) in [7, 11) is 5.26. The maximum absolute atomic E-state index is 11.2. The van der Waals surface area contributed by atoms with E-state index in [1.807, 2.05) is 19.0 Å². The van der Waals surface area contributed by atoms with Crippen molar-refractivity contribution in [1.82, 2.24) is 9.88 Å². The summed E-state index contributed by atoms with van der Waals surface area (Å²) in [6, 6.07) is 3.16. The van der Waals surface area contributed by atoms with Crippen LogP contribution in [0, 0.1) is 0 Å². The van der Waals surface area contributed by atoms with Crippen molar-refractivity contribution >= 4 is 5.97 Å². The van der Waals surface area contributed by atoms with Gasteiger partial charge >= 0.3 is 5.97 Å². The first-order chi connectivity index (χ1) is 7.63. The molecule has 0 saturated heterocycles. The third-order valence-electron chi connectivity index (χ3n) is 1.94. The minimum absolute atomic E-state index is 0.389. The summed E-state index contributed by atoms with van der Waals surface area (Å²) in [4.78, 5) is 17.2. The van der Waals surface area contributed by atoms with Crippen LogP contribution in [0.15, 0.2) is 18.3 Å². The zero-order valence-corrected chi connectivity index (χ0v) is 9.77. The van der Waals surface area contributed by atoms with Crippen LogP contribution in [0.1, 0.15) is 10.4 Å². The number of carbonyl (C=O) groups excluding carboxylic acids is 1. The number of ether oxygens (including phenoxy) is 2. The van der Waals surface area contributed by atoms with Crippen LogP contribution in [0.4, 0.5) is 0 Å². The van der Waals surface area contributed by atoms with Gasteiger partial charge in [0.2, 0.25) is 5.88 Å². The Labute approximate surface area is 95.0 Å². The van der Waals surface area contributed by atoms with Gasteiger partial charge in [0.25, 0.3) is 0 Å². The van der Waals surface area contributed by atoms with Crippen molar-refractivity contribution in [3.8, 4) is 5.88 Å². The number of hydrogen-bond donors (Lipinski definition) is 0. The topological polar surface area (TPSA) is 51.7 Å². The zero-order valence-electron chi connectivity index (χ0n) is 9.77. The second kappa shape index (κ2) is 6.07. The Kier molecular flexibility index (Phi) is 4.72. The maximum Gasteiger partial charge on any atom is 0.338 e. The van der Waals surface area contributed by atoms with Gasteiger partial charge < -0.3 is 14.4 Å². The normalized spacial score (nSPS) is 10.2. The lowest BCUT2D eigenvalue weighted by atomic mass is 10.3. The molecule has 0 unspecified atom stereocenters. The molecule has 0 N–H and O–H groups in total. The summed E-state index contributed by atoms with van der Waals surface area (Å²) in [5, 5.41) is 0. The van der Waals surface area contributed by atoms with E-state index < -0.39 is 0 Å². The van der Waals surface area contributed by atoms with Crippen molar-refractivity contribution < 1.29 is 14.3 Å². The molecule has 1 rings (SSSR count). The van der Waals surface area contributed by atoms with Crippen LogP contribution in [0.2, 0.25) is 0 Å². The largest absolute Gasteiger partial charge is 0.476 e. The molecule has 0 aromatic carbocycles. The lowest BCUT2D eigenvalue weighted by Gasteiger charge is -2.10. The van der Waals surface area contributed by atoms with Crippen LogP contribution in [-0.2, 0) is 4.74 Å². The molecule has 0 radical (unpaired) electrons. The van der Waals surface area contributed by atoms with Crippen molar-refractivity contribution in [2.45, 2.75) is 0 Å². The van der Waals surface area contributed by atoms with E-state index in [1.165, 1.54) is 13.3 Å². The molecule has 16 heavy (non-hydrogen) atoms. The highest BCUT2D eigenvalue weighted by Crippen LogP contribution is 2.10. The van der Waals surface area contributed by atoms with Gasteiger partial charge in [-0.25, -0.2) is 9.78 Å². The highest BCUT2D eigenvalue weighted by molar-refractivity contribution is 5.89. The highest BCUT2D eigenvalue weighted by atomic mass is 16.5. The van der Waals surface area contributed by atoms with E-state index in [2.05, 4.69) is 9.72 Å². The average Bonchev–Trinajstić information content (AvgIpc) is 2.28. The van der Waals surface area contributed by atoms with Gasteiger partial charge in [0, 0.05) is 18.8 Å². The number of aromatic nitrogens is 1. The molecule has 0 fully saturated rings. The van der Waals surface area contributed by atoms with Crippen LogP contribution < -0.4 is 4.74 Å². The predicted octanol–water partition coefficient (Wildman–Crippen LogP) is 0.809. The summed E-state index contributed by atoms with van der Waals surface area (Å²) >= 11 is 0. The monoisotopic (exact) mass is 224 g/mol.